The minimum Gasteiger partial charge on any atom is -0.491 e. The molecule has 0 bridgehead atoms. The number of ether oxygens (including phenoxy) is 1. The Kier molecular flexibility index (Phi) is 5.28. The van der Waals surface area contributed by atoms with Gasteiger partial charge in [0.05, 0.1) is 6.54 Å². The largest absolute Gasteiger partial charge is 0.491 e. The van der Waals surface area contributed by atoms with Gasteiger partial charge in [0.25, 0.3) is 0 Å². The van der Waals surface area contributed by atoms with Gasteiger partial charge in [-0.2, -0.15) is 4.98 Å². The first-order chi connectivity index (χ1) is 15.5. The van der Waals surface area contributed by atoms with Gasteiger partial charge in [-0.1, -0.05) is 35.1 Å². The molecule has 4 N–H and O–H groups in total. The summed E-state index contributed by atoms with van der Waals surface area (Å²) in [7, 11) is 0. The molecule has 10 heteroatoms. The number of benzene rings is 1. The number of rotatable bonds is 4. The molecular weight excluding hydrogens is 446 g/mol. The van der Waals surface area contributed by atoms with Crippen molar-refractivity contribution in [3.63, 3.8) is 0 Å². The molecule has 0 aliphatic carbocycles. The fourth-order valence-electron chi connectivity index (χ4n) is 3.80. The summed E-state index contributed by atoms with van der Waals surface area (Å²) in [5.41, 5.74) is 16.3. The third-order valence-corrected chi connectivity index (χ3v) is 6.36. The normalized spacial score (nSPS) is 13.5. The first-order valence-corrected chi connectivity index (χ1v) is 11.2. The maximum absolute atomic E-state index is 6.37. The molecule has 0 unspecified atom stereocenters. The van der Waals surface area contributed by atoms with E-state index in [1.54, 1.807) is 6.08 Å². The van der Waals surface area contributed by atoms with E-state index in [9.17, 15) is 0 Å². The number of nitrogens with zero attached hydrogens (tertiary/aromatic N) is 5. The van der Waals surface area contributed by atoms with E-state index in [1.807, 2.05) is 24.4 Å². The van der Waals surface area contributed by atoms with Crippen molar-refractivity contribution in [2.45, 2.75) is 13.0 Å². The topological polar surface area (TPSA) is 116 Å². The van der Waals surface area contributed by atoms with Crippen LogP contribution in [0, 0.1) is 0 Å². The number of allylic oxidation sites excluding steroid dienone is 1. The average Bonchev–Trinajstić information content (AvgIpc) is 3.01. The van der Waals surface area contributed by atoms with Gasteiger partial charge in [0.2, 0.25) is 5.95 Å². The quantitative estimate of drug-likeness (QED) is 0.342. The summed E-state index contributed by atoms with van der Waals surface area (Å²) in [5, 5.41) is 0.849. The van der Waals surface area contributed by atoms with Crippen LogP contribution in [-0.4, -0.2) is 33.1 Å². The van der Waals surface area contributed by atoms with Gasteiger partial charge in [0, 0.05) is 29.4 Å². The lowest BCUT2D eigenvalue weighted by Crippen LogP contribution is -2.28. The van der Waals surface area contributed by atoms with Crippen LogP contribution in [-0.2, 0) is 13.0 Å². The molecular formula is C22H20ClN7OS. The monoisotopic (exact) mass is 465 g/mol. The van der Waals surface area contributed by atoms with Crippen molar-refractivity contribution in [2.24, 2.45) is 0 Å². The van der Waals surface area contributed by atoms with E-state index < -0.39 is 0 Å². The Morgan fingerprint density at radius 2 is 2.06 bits per heavy atom. The van der Waals surface area contributed by atoms with Crippen LogP contribution in [0.2, 0.25) is 5.15 Å². The number of fused-ring (bicyclic) bond motifs is 2. The molecule has 0 spiro atoms. The van der Waals surface area contributed by atoms with Crippen molar-refractivity contribution in [3.8, 4) is 16.9 Å². The molecule has 4 aromatic rings. The maximum Gasteiger partial charge on any atom is 0.223 e. The van der Waals surface area contributed by atoms with Crippen LogP contribution in [0.4, 0.5) is 16.9 Å². The number of hydrogen-bond donors (Lipinski definition) is 2. The number of hydrogen-bond acceptors (Lipinski definition) is 9. The SMILES string of the molecule is C=CCc1c(Cl)nc(N)nc1N1CCOc2ccc(-c3cnc4sc(N)nc4c3)cc2C1. The molecule has 1 aliphatic rings. The fourth-order valence-corrected chi connectivity index (χ4v) is 4.70. The number of thiazole rings is 1. The van der Waals surface area contributed by atoms with Gasteiger partial charge in [-0.05, 0) is 30.2 Å². The van der Waals surface area contributed by atoms with Crippen molar-refractivity contribution in [3.05, 3.63) is 59.4 Å². The zero-order chi connectivity index (χ0) is 22.2. The van der Waals surface area contributed by atoms with Gasteiger partial charge >= 0.3 is 0 Å². The molecule has 0 fully saturated rings. The number of halogens is 1. The Morgan fingerprint density at radius 3 is 2.91 bits per heavy atom. The van der Waals surface area contributed by atoms with Gasteiger partial charge in [0.1, 0.15) is 33.7 Å². The second-order valence-corrected chi connectivity index (χ2v) is 8.73. The van der Waals surface area contributed by atoms with Crippen molar-refractivity contribution in [1.29, 1.82) is 0 Å². The first-order valence-electron chi connectivity index (χ1n) is 9.97. The van der Waals surface area contributed by atoms with Gasteiger partial charge in [-0.25, -0.2) is 15.0 Å². The van der Waals surface area contributed by atoms with Crippen molar-refractivity contribution in [2.75, 3.05) is 29.5 Å². The highest BCUT2D eigenvalue weighted by atomic mass is 35.5. The summed E-state index contributed by atoms with van der Waals surface area (Å²) in [4.78, 5) is 20.4. The molecule has 8 nitrogen and oxygen atoms in total. The zero-order valence-corrected chi connectivity index (χ0v) is 18.7. The Bertz CT molecular complexity index is 1340. The molecule has 162 valence electrons. The lowest BCUT2D eigenvalue weighted by atomic mass is 10.0. The van der Waals surface area contributed by atoms with Crippen LogP contribution in [0.25, 0.3) is 21.5 Å². The van der Waals surface area contributed by atoms with E-state index >= 15 is 0 Å². The third kappa shape index (κ3) is 3.80. The Morgan fingerprint density at radius 1 is 1.19 bits per heavy atom. The van der Waals surface area contributed by atoms with E-state index in [4.69, 9.17) is 27.8 Å². The second-order valence-electron chi connectivity index (χ2n) is 7.36. The summed E-state index contributed by atoms with van der Waals surface area (Å²) in [6, 6.07) is 8.11. The number of nitrogen functional groups attached to an aromatic ring is 2. The van der Waals surface area contributed by atoms with Gasteiger partial charge in [0.15, 0.2) is 5.13 Å². The molecule has 1 aromatic carbocycles. The molecule has 0 saturated carbocycles. The van der Waals surface area contributed by atoms with Gasteiger partial charge in [-0.15, -0.1) is 6.58 Å². The van der Waals surface area contributed by atoms with E-state index in [1.165, 1.54) is 11.3 Å². The van der Waals surface area contributed by atoms with E-state index in [-0.39, 0.29) is 5.95 Å². The highest BCUT2D eigenvalue weighted by Crippen LogP contribution is 2.34. The molecule has 0 saturated heterocycles. The van der Waals surface area contributed by atoms with Crippen LogP contribution in [0.1, 0.15) is 11.1 Å². The first kappa shape index (κ1) is 20.5. The molecule has 5 rings (SSSR count). The predicted molar refractivity (Wildman–Crippen MR) is 129 cm³/mol. The smallest absolute Gasteiger partial charge is 0.223 e. The van der Waals surface area contributed by atoms with Crippen molar-refractivity contribution in [1.82, 2.24) is 19.9 Å². The van der Waals surface area contributed by atoms with Gasteiger partial charge < -0.3 is 21.1 Å². The molecule has 4 heterocycles. The van der Waals surface area contributed by atoms with E-state index in [0.29, 0.717) is 42.2 Å². The number of aromatic nitrogens is 4. The van der Waals surface area contributed by atoms with Crippen LogP contribution >= 0.6 is 22.9 Å². The summed E-state index contributed by atoms with van der Waals surface area (Å²) in [6.07, 6.45) is 4.16. The van der Waals surface area contributed by atoms with Crippen LogP contribution in [0.3, 0.4) is 0 Å². The predicted octanol–water partition coefficient (Wildman–Crippen LogP) is 4.09. The second kappa shape index (κ2) is 8.25. The lowest BCUT2D eigenvalue weighted by Gasteiger charge is -2.24. The fraction of sp³-hybridized carbons (Fsp3) is 0.182. The van der Waals surface area contributed by atoms with Crippen LogP contribution in [0.15, 0.2) is 43.1 Å². The average molecular weight is 466 g/mol. The Hall–Kier alpha value is -3.43. The minimum atomic E-state index is 0.138. The Labute approximate surface area is 193 Å². The van der Waals surface area contributed by atoms with E-state index in [0.717, 1.165) is 38.4 Å². The number of nitrogens with two attached hydrogens (primary N) is 2. The van der Waals surface area contributed by atoms with Crippen LogP contribution < -0.4 is 21.1 Å². The van der Waals surface area contributed by atoms with Crippen molar-refractivity contribution < 1.29 is 4.74 Å². The highest BCUT2D eigenvalue weighted by molar-refractivity contribution is 7.21. The zero-order valence-electron chi connectivity index (χ0n) is 17.1. The number of anilines is 3. The standard InChI is InChI=1S/C22H20ClN7OS/c1-2-3-15-18(23)28-21(24)29-19(15)30-6-7-31-17-5-4-12(8-14(17)11-30)13-9-16-20(26-10-13)32-22(25)27-16/h2,4-5,8-10H,1,3,6-7,11H2,(H2,25,27)(H2,24,28,29). The molecule has 0 radical (unpaired) electrons. The summed E-state index contributed by atoms with van der Waals surface area (Å²) < 4.78 is 6.01. The minimum absolute atomic E-state index is 0.138. The molecule has 1 aliphatic heterocycles. The summed E-state index contributed by atoms with van der Waals surface area (Å²) in [6.45, 7) is 5.54. The molecule has 0 amide bonds. The van der Waals surface area contributed by atoms with Crippen LogP contribution in [0.5, 0.6) is 5.75 Å². The van der Waals surface area contributed by atoms with Crippen molar-refractivity contribution >= 4 is 50.2 Å². The molecule has 3 aromatic heterocycles. The molecule has 0 atom stereocenters. The Balaban J connectivity index is 1.53. The lowest BCUT2D eigenvalue weighted by molar-refractivity contribution is 0.331. The third-order valence-electron chi connectivity index (χ3n) is 5.24. The maximum atomic E-state index is 6.37. The number of pyridine rings is 1. The van der Waals surface area contributed by atoms with E-state index in [2.05, 4.69) is 37.5 Å². The highest BCUT2D eigenvalue weighted by Gasteiger charge is 2.22. The summed E-state index contributed by atoms with van der Waals surface area (Å²) in [5.74, 6) is 1.67. The summed E-state index contributed by atoms with van der Waals surface area (Å²) >= 11 is 7.75. The molecule has 32 heavy (non-hydrogen) atoms. The van der Waals surface area contributed by atoms with Gasteiger partial charge in [-0.3, -0.25) is 0 Å².